The second-order valence-electron chi connectivity index (χ2n) is 3.55. The fraction of sp³-hybridized carbons (Fsp3) is 0.0769. The highest BCUT2D eigenvalue weighted by atomic mass is 16.5. The van der Waals surface area contributed by atoms with Gasteiger partial charge in [0.2, 0.25) is 0 Å². The van der Waals surface area contributed by atoms with E-state index in [1.807, 2.05) is 30.3 Å². The average molecular weight is 210 g/mol. The smallest absolute Gasteiger partial charge is 0.129 e. The molecule has 0 bridgehead atoms. The van der Waals surface area contributed by atoms with Gasteiger partial charge in [0.15, 0.2) is 0 Å². The molecule has 3 heteroatoms. The number of fused-ring (bicyclic) bond motifs is 3. The predicted octanol–water partition coefficient (Wildman–Crippen LogP) is 2.79. The van der Waals surface area contributed by atoms with Gasteiger partial charge in [-0.15, -0.1) is 0 Å². The van der Waals surface area contributed by atoms with Crippen LogP contribution in [0.15, 0.2) is 42.7 Å². The molecule has 3 rings (SSSR count). The van der Waals surface area contributed by atoms with E-state index in [4.69, 9.17) is 4.74 Å². The first-order chi connectivity index (χ1) is 7.90. The van der Waals surface area contributed by atoms with E-state index in [9.17, 15) is 0 Å². The third kappa shape index (κ3) is 1.21. The molecule has 0 amide bonds. The summed E-state index contributed by atoms with van der Waals surface area (Å²) in [5.41, 5.74) is 1.80. The van der Waals surface area contributed by atoms with E-state index < -0.39 is 0 Å². The molecule has 0 spiro atoms. The van der Waals surface area contributed by atoms with Crippen LogP contribution in [0.4, 0.5) is 0 Å². The van der Waals surface area contributed by atoms with E-state index in [0.717, 1.165) is 27.6 Å². The maximum Gasteiger partial charge on any atom is 0.129 e. The van der Waals surface area contributed by atoms with Gasteiger partial charge in [0.05, 0.1) is 12.6 Å². The third-order valence-corrected chi connectivity index (χ3v) is 2.64. The van der Waals surface area contributed by atoms with Crippen molar-refractivity contribution in [3.8, 4) is 5.75 Å². The monoisotopic (exact) mass is 210 g/mol. The van der Waals surface area contributed by atoms with Crippen molar-refractivity contribution in [2.45, 2.75) is 0 Å². The Kier molecular flexibility index (Phi) is 1.96. The maximum atomic E-state index is 5.37. The highest BCUT2D eigenvalue weighted by Crippen LogP contribution is 2.30. The molecule has 0 N–H and O–H groups in total. The Morgan fingerprint density at radius 2 is 1.75 bits per heavy atom. The van der Waals surface area contributed by atoms with Crippen LogP contribution in [-0.4, -0.2) is 17.1 Å². The second kappa shape index (κ2) is 3.45. The van der Waals surface area contributed by atoms with Crippen molar-refractivity contribution in [1.82, 2.24) is 9.97 Å². The maximum absolute atomic E-state index is 5.37. The summed E-state index contributed by atoms with van der Waals surface area (Å²) < 4.78 is 5.37. The molecule has 0 radical (unpaired) electrons. The second-order valence-corrected chi connectivity index (χ2v) is 3.55. The third-order valence-electron chi connectivity index (χ3n) is 2.64. The van der Waals surface area contributed by atoms with E-state index in [1.165, 1.54) is 0 Å². The molecular formula is C13H10N2O. The molecule has 0 saturated carbocycles. The first kappa shape index (κ1) is 9.09. The highest BCUT2D eigenvalue weighted by molar-refractivity contribution is 6.05. The van der Waals surface area contributed by atoms with Crippen LogP contribution in [0.2, 0.25) is 0 Å². The summed E-state index contributed by atoms with van der Waals surface area (Å²) in [4.78, 5) is 8.74. The van der Waals surface area contributed by atoms with Crippen molar-refractivity contribution in [3.63, 3.8) is 0 Å². The molecule has 0 aliphatic rings. The standard InChI is InChI=1S/C13H10N2O/c1-16-11-8-9-4-2-6-14-12(9)13-10(11)5-3-7-15-13/h2-8H,1H3. The number of methoxy groups -OCH3 is 1. The summed E-state index contributed by atoms with van der Waals surface area (Å²) in [6, 6.07) is 9.82. The van der Waals surface area contributed by atoms with E-state index in [1.54, 1.807) is 19.5 Å². The minimum Gasteiger partial charge on any atom is -0.496 e. The fourth-order valence-electron chi connectivity index (χ4n) is 1.91. The van der Waals surface area contributed by atoms with Crippen LogP contribution in [0.3, 0.4) is 0 Å². The molecule has 3 aromatic rings. The molecule has 0 atom stereocenters. The molecule has 0 saturated heterocycles. The predicted molar refractivity (Wildman–Crippen MR) is 63.6 cm³/mol. The van der Waals surface area contributed by atoms with Gasteiger partial charge in [-0.2, -0.15) is 0 Å². The fourth-order valence-corrected chi connectivity index (χ4v) is 1.91. The van der Waals surface area contributed by atoms with Crippen LogP contribution < -0.4 is 4.74 Å². The lowest BCUT2D eigenvalue weighted by Crippen LogP contribution is -1.89. The topological polar surface area (TPSA) is 35.0 Å². The van der Waals surface area contributed by atoms with Gasteiger partial charge in [0.1, 0.15) is 11.3 Å². The zero-order valence-electron chi connectivity index (χ0n) is 8.84. The normalized spacial score (nSPS) is 10.8. The average Bonchev–Trinajstić information content (AvgIpc) is 2.38. The number of benzene rings is 1. The summed E-state index contributed by atoms with van der Waals surface area (Å²) in [5.74, 6) is 0.837. The first-order valence-corrected chi connectivity index (χ1v) is 5.06. The van der Waals surface area contributed by atoms with Gasteiger partial charge in [-0.1, -0.05) is 6.07 Å². The molecular weight excluding hydrogens is 200 g/mol. The molecule has 16 heavy (non-hydrogen) atoms. The van der Waals surface area contributed by atoms with Crippen LogP contribution >= 0.6 is 0 Å². The van der Waals surface area contributed by atoms with Gasteiger partial charge in [-0.25, -0.2) is 0 Å². The number of pyridine rings is 2. The lowest BCUT2D eigenvalue weighted by molar-refractivity contribution is 0.420. The van der Waals surface area contributed by atoms with Crippen LogP contribution in [0.5, 0.6) is 5.75 Å². The largest absolute Gasteiger partial charge is 0.496 e. The van der Waals surface area contributed by atoms with E-state index in [-0.39, 0.29) is 0 Å². The highest BCUT2D eigenvalue weighted by Gasteiger charge is 2.07. The van der Waals surface area contributed by atoms with E-state index >= 15 is 0 Å². The number of ether oxygens (including phenoxy) is 1. The molecule has 0 unspecified atom stereocenters. The Hall–Kier alpha value is -2.16. The number of rotatable bonds is 1. The number of nitrogens with zero attached hydrogens (tertiary/aromatic N) is 2. The lowest BCUT2D eigenvalue weighted by Gasteiger charge is -2.07. The zero-order valence-corrected chi connectivity index (χ0v) is 8.84. The summed E-state index contributed by atoms with van der Waals surface area (Å²) in [6.45, 7) is 0. The molecule has 3 nitrogen and oxygen atoms in total. The van der Waals surface area contributed by atoms with Crippen LogP contribution in [-0.2, 0) is 0 Å². The zero-order chi connectivity index (χ0) is 11.0. The van der Waals surface area contributed by atoms with Crippen molar-refractivity contribution in [1.29, 1.82) is 0 Å². The lowest BCUT2D eigenvalue weighted by atomic mass is 10.1. The molecule has 0 aliphatic carbocycles. The Morgan fingerprint density at radius 3 is 2.56 bits per heavy atom. The number of hydrogen-bond acceptors (Lipinski definition) is 3. The van der Waals surface area contributed by atoms with E-state index in [0.29, 0.717) is 0 Å². The number of hydrogen-bond donors (Lipinski definition) is 0. The molecule has 2 heterocycles. The SMILES string of the molecule is COc1cc2cccnc2c2ncccc12. The van der Waals surface area contributed by atoms with Crippen molar-refractivity contribution in [2.24, 2.45) is 0 Å². The summed E-state index contributed by atoms with van der Waals surface area (Å²) in [7, 11) is 1.67. The van der Waals surface area contributed by atoms with Crippen LogP contribution in [0.1, 0.15) is 0 Å². The van der Waals surface area contributed by atoms with Gasteiger partial charge in [0, 0.05) is 23.2 Å². The van der Waals surface area contributed by atoms with Crippen molar-refractivity contribution in [3.05, 3.63) is 42.7 Å². The summed E-state index contributed by atoms with van der Waals surface area (Å²) in [6.07, 6.45) is 3.55. The van der Waals surface area contributed by atoms with Crippen LogP contribution in [0, 0.1) is 0 Å². The Bertz CT molecular complexity index is 664. The molecule has 2 aromatic heterocycles. The molecule has 0 fully saturated rings. The van der Waals surface area contributed by atoms with Gasteiger partial charge < -0.3 is 4.74 Å². The van der Waals surface area contributed by atoms with Crippen LogP contribution in [0.25, 0.3) is 21.8 Å². The Labute approximate surface area is 92.7 Å². The molecule has 0 aliphatic heterocycles. The van der Waals surface area contributed by atoms with Crippen molar-refractivity contribution < 1.29 is 4.74 Å². The quantitative estimate of drug-likeness (QED) is 0.579. The molecule has 78 valence electrons. The van der Waals surface area contributed by atoms with Gasteiger partial charge in [-0.3, -0.25) is 9.97 Å². The summed E-state index contributed by atoms with van der Waals surface area (Å²) in [5, 5.41) is 2.04. The Balaban J connectivity index is 2.57. The van der Waals surface area contributed by atoms with E-state index in [2.05, 4.69) is 9.97 Å². The Morgan fingerprint density at radius 1 is 1.00 bits per heavy atom. The minimum absolute atomic E-state index is 0.837. The van der Waals surface area contributed by atoms with Gasteiger partial charge >= 0.3 is 0 Å². The van der Waals surface area contributed by atoms with Crippen molar-refractivity contribution in [2.75, 3.05) is 7.11 Å². The van der Waals surface area contributed by atoms with Gasteiger partial charge in [0.25, 0.3) is 0 Å². The number of aromatic nitrogens is 2. The minimum atomic E-state index is 0.837. The van der Waals surface area contributed by atoms with Gasteiger partial charge in [-0.05, 0) is 24.3 Å². The van der Waals surface area contributed by atoms with Crippen molar-refractivity contribution >= 4 is 21.8 Å². The molecule has 1 aromatic carbocycles. The summed E-state index contributed by atoms with van der Waals surface area (Å²) >= 11 is 0. The first-order valence-electron chi connectivity index (χ1n) is 5.06.